The minimum Gasteiger partial charge on any atom is -0.477 e. The molecule has 68 valence electrons. The van der Waals surface area contributed by atoms with Crippen LogP contribution < -0.4 is 5.56 Å². The average molecular weight is 182 g/mol. The molecule has 0 spiro atoms. The van der Waals surface area contributed by atoms with E-state index in [1.807, 2.05) is 0 Å². The zero-order chi connectivity index (χ0) is 9.84. The molecule has 0 unspecified atom stereocenters. The average Bonchev–Trinajstić information content (AvgIpc) is 2.04. The Kier molecular flexibility index (Phi) is 2.44. The predicted octanol–water partition coefficient (Wildman–Crippen LogP) is -0.119. The van der Waals surface area contributed by atoms with E-state index in [9.17, 15) is 9.59 Å². The Balaban J connectivity index is 3.21. The normalized spacial score (nSPS) is 10.5. The summed E-state index contributed by atoms with van der Waals surface area (Å²) in [6.07, 6.45) is 0.993. The molecule has 6 heteroatoms. The van der Waals surface area contributed by atoms with Crippen LogP contribution in [-0.2, 0) is 0 Å². The molecule has 1 aromatic heterocycles. The van der Waals surface area contributed by atoms with Gasteiger partial charge in [-0.3, -0.25) is 4.79 Å². The Morgan fingerprint density at radius 2 is 2.23 bits per heavy atom. The highest BCUT2D eigenvalue weighted by Gasteiger charge is 2.07. The van der Waals surface area contributed by atoms with E-state index < -0.39 is 11.5 Å². The van der Waals surface area contributed by atoms with Crippen molar-refractivity contribution in [3.05, 3.63) is 33.7 Å². The van der Waals surface area contributed by atoms with Crippen molar-refractivity contribution in [3.8, 4) is 0 Å². The molecule has 0 aliphatic heterocycles. The molecule has 0 aliphatic rings. The SMILES string of the molecule is O=C(O)c1ccc(/C=N\O)[nH]c1=O. The molecule has 1 aromatic rings. The van der Waals surface area contributed by atoms with E-state index >= 15 is 0 Å². The number of carbonyl (C=O) groups is 1. The molecular weight excluding hydrogens is 176 g/mol. The maximum absolute atomic E-state index is 11.0. The number of aromatic amines is 1. The van der Waals surface area contributed by atoms with Gasteiger partial charge in [0.05, 0.1) is 11.9 Å². The van der Waals surface area contributed by atoms with E-state index in [4.69, 9.17) is 10.3 Å². The largest absolute Gasteiger partial charge is 0.477 e. The number of rotatable bonds is 2. The van der Waals surface area contributed by atoms with E-state index in [1.54, 1.807) is 0 Å². The molecule has 0 aromatic carbocycles. The zero-order valence-electron chi connectivity index (χ0n) is 6.39. The van der Waals surface area contributed by atoms with Gasteiger partial charge in [-0.05, 0) is 12.1 Å². The standard InChI is InChI=1S/C7H6N2O4/c10-6-5(7(11)12)2-1-4(9-6)3-8-13/h1-3,13H,(H,9,10)(H,11,12)/b8-3-. The number of aromatic nitrogens is 1. The van der Waals surface area contributed by atoms with Gasteiger partial charge in [-0.25, -0.2) is 4.79 Å². The van der Waals surface area contributed by atoms with Crippen LogP contribution in [0.4, 0.5) is 0 Å². The third-order valence-corrected chi connectivity index (χ3v) is 1.36. The van der Waals surface area contributed by atoms with Gasteiger partial charge in [-0.15, -0.1) is 0 Å². The third kappa shape index (κ3) is 1.92. The van der Waals surface area contributed by atoms with Gasteiger partial charge < -0.3 is 15.3 Å². The highest BCUT2D eigenvalue weighted by atomic mass is 16.4. The van der Waals surface area contributed by atoms with Crippen LogP contribution in [0.3, 0.4) is 0 Å². The molecule has 0 fully saturated rings. The minimum absolute atomic E-state index is 0.234. The lowest BCUT2D eigenvalue weighted by Gasteiger charge is -1.93. The van der Waals surface area contributed by atoms with Crippen LogP contribution in [0.5, 0.6) is 0 Å². The highest BCUT2D eigenvalue weighted by molar-refractivity contribution is 5.87. The zero-order valence-corrected chi connectivity index (χ0v) is 6.39. The number of H-pyrrole nitrogens is 1. The molecule has 13 heavy (non-hydrogen) atoms. The van der Waals surface area contributed by atoms with Gasteiger partial charge in [0.1, 0.15) is 5.56 Å². The topological polar surface area (TPSA) is 103 Å². The van der Waals surface area contributed by atoms with Crippen LogP contribution in [0.2, 0.25) is 0 Å². The van der Waals surface area contributed by atoms with Crippen molar-refractivity contribution in [3.63, 3.8) is 0 Å². The molecule has 6 nitrogen and oxygen atoms in total. The van der Waals surface area contributed by atoms with E-state index in [-0.39, 0.29) is 11.3 Å². The van der Waals surface area contributed by atoms with Crippen LogP contribution >= 0.6 is 0 Å². The molecule has 0 atom stereocenters. The predicted molar refractivity (Wildman–Crippen MR) is 43.4 cm³/mol. The fourth-order valence-corrected chi connectivity index (χ4v) is 0.795. The number of aromatic carboxylic acids is 1. The Bertz CT molecular complexity index is 407. The van der Waals surface area contributed by atoms with Crippen molar-refractivity contribution < 1.29 is 15.1 Å². The Morgan fingerprint density at radius 1 is 1.54 bits per heavy atom. The van der Waals surface area contributed by atoms with Crippen LogP contribution in [-0.4, -0.2) is 27.5 Å². The lowest BCUT2D eigenvalue weighted by atomic mass is 10.2. The van der Waals surface area contributed by atoms with Crippen molar-refractivity contribution >= 4 is 12.2 Å². The fourth-order valence-electron chi connectivity index (χ4n) is 0.795. The van der Waals surface area contributed by atoms with Gasteiger partial charge in [0.25, 0.3) is 5.56 Å². The highest BCUT2D eigenvalue weighted by Crippen LogP contribution is 1.92. The fraction of sp³-hybridized carbons (Fsp3) is 0. The summed E-state index contributed by atoms with van der Waals surface area (Å²) in [5.74, 6) is -1.30. The molecule has 0 amide bonds. The smallest absolute Gasteiger partial charge is 0.341 e. The van der Waals surface area contributed by atoms with Gasteiger partial charge in [-0.1, -0.05) is 5.16 Å². The summed E-state index contributed by atoms with van der Waals surface area (Å²) in [6.45, 7) is 0. The third-order valence-electron chi connectivity index (χ3n) is 1.36. The van der Waals surface area contributed by atoms with E-state index in [2.05, 4.69) is 10.1 Å². The first-order valence-electron chi connectivity index (χ1n) is 3.29. The first kappa shape index (κ1) is 8.98. The summed E-state index contributed by atoms with van der Waals surface area (Å²) in [5.41, 5.74) is -0.850. The Morgan fingerprint density at radius 3 is 2.69 bits per heavy atom. The van der Waals surface area contributed by atoms with Crippen molar-refractivity contribution in [1.29, 1.82) is 0 Å². The van der Waals surface area contributed by atoms with Crippen LogP contribution in [0.15, 0.2) is 22.1 Å². The number of nitrogens with zero attached hydrogens (tertiary/aromatic N) is 1. The van der Waals surface area contributed by atoms with Crippen LogP contribution in [0, 0.1) is 0 Å². The maximum Gasteiger partial charge on any atom is 0.341 e. The van der Waals surface area contributed by atoms with Crippen molar-refractivity contribution in [2.24, 2.45) is 5.16 Å². The quantitative estimate of drug-likeness (QED) is 0.337. The molecule has 0 aliphatic carbocycles. The molecule has 0 saturated carbocycles. The molecule has 0 radical (unpaired) electrons. The lowest BCUT2D eigenvalue weighted by Crippen LogP contribution is -2.18. The summed E-state index contributed by atoms with van der Waals surface area (Å²) in [4.78, 5) is 23.6. The van der Waals surface area contributed by atoms with Gasteiger partial charge in [0.2, 0.25) is 0 Å². The number of nitrogens with one attached hydrogen (secondary N) is 1. The summed E-state index contributed by atoms with van der Waals surface area (Å²) >= 11 is 0. The number of carboxylic acid groups (broad SMARTS) is 1. The van der Waals surface area contributed by atoms with Crippen molar-refractivity contribution in [2.75, 3.05) is 0 Å². The van der Waals surface area contributed by atoms with Gasteiger partial charge in [-0.2, -0.15) is 0 Å². The summed E-state index contributed by atoms with van der Waals surface area (Å²) < 4.78 is 0. The van der Waals surface area contributed by atoms with E-state index in [0.717, 1.165) is 12.3 Å². The summed E-state index contributed by atoms with van der Waals surface area (Å²) in [6, 6.07) is 2.46. The lowest BCUT2D eigenvalue weighted by molar-refractivity contribution is 0.0695. The number of pyridine rings is 1. The van der Waals surface area contributed by atoms with Crippen molar-refractivity contribution in [2.45, 2.75) is 0 Å². The monoisotopic (exact) mass is 182 g/mol. The Labute approximate surface area is 72.1 Å². The molecule has 1 heterocycles. The molecule has 1 rings (SSSR count). The molecule has 0 bridgehead atoms. The van der Waals surface area contributed by atoms with Gasteiger partial charge in [0.15, 0.2) is 0 Å². The summed E-state index contributed by atoms with van der Waals surface area (Å²) in [7, 11) is 0. The number of hydrogen-bond donors (Lipinski definition) is 3. The molecule has 3 N–H and O–H groups in total. The first-order valence-corrected chi connectivity index (χ1v) is 3.29. The summed E-state index contributed by atoms with van der Waals surface area (Å²) in [5, 5.41) is 19.3. The second-order valence-electron chi connectivity index (χ2n) is 2.21. The maximum atomic E-state index is 11.0. The van der Waals surface area contributed by atoms with Crippen LogP contribution in [0.1, 0.15) is 16.1 Å². The number of hydrogen-bond acceptors (Lipinski definition) is 4. The van der Waals surface area contributed by atoms with E-state index in [1.165, 1.54) is 6.07 Å². The van der Waals surface area contributed by atoms with E-state index in [0.29, 0.717) is 0 Å². The van der Waals surface area contributed by atoms with Gasteiger partial charge >= 0.3 is 5.97 Å². The molecule has 0 saturated heterocycles. The molecular formula is C7H6N2O4. The minimum atomic E-state index is -1.30. The first-order chi connectivity index (χ1) is 6.15. The van der Waals surface area contributed by atoms with Crippen LogP contribution in [0.25, 0.3) is 0 Å². The second kappa shape index (κ2) is 3.53. The number of carboxylic acids is 1. The Hall–Kier alpha value is -2.11. The van der Waals surface area contributed by atoms with Gasteiger partial charge in [0, 0.05) is 0 Å². The second-order valence-corrected chi connectivity index (χ2v) is 2.21. The number of oxime groups is 1. The van der Waals surface area contributed by atoms with Crippen molar-refractivity contribution in [1.82, 2.24) is 4.98 Å².